The number of methoxy groups -OCH3 is 1. The molecule has 0 saturated heterocycles. The number of aromatic nitrogens is 2. The van der Waals surface area contributed by atoms with Crippen molar-refractivity contribution in [1.82, 2.24) is 14.9 Å². The molecular formula is C32H34FN3O3. The van der Waals surface area contributed by atoms with E-state index in [-0.39, 0.29) is 18.0 Å². The summed E-state index contributed by atoms with van der Waals surface area (Å²) in [7, 11) is 1.59. The lowest BCUT2D eigenvalue weighted by atomic mass is 9.93. The van der Waals surface area contributed by atoms with Crippen LogP contribution in [0.3, 0.4) is 0 Å². The minimum Gasteiger partial charge on any atom is -0.496 e. The number of nitrogens with zero attached hydrogens (tertiary/aromatic N) is 2. The van der Waals surface area contributed by atoms with Gasteiger partial charge in [-0.05, 0) is 105 Å². The van der Waals surface area contributed by atoms with Gasteiger partial charge in [-0.25, -0.2) is 14.2 Å². The van der Waals surface area contributed by atoms with Gasteiger partial charge >= 0.3 is 6.09 Å². The lowest BCUT2D eigenvalue weighted by Crippen LogP contribution is -2.44. The third-order valence-corrected chi connectivity index (χ3v) is 7.09. The minimum atomic E-state index is -0.532. The summed E-state index contributed by atoms with van der Waals surface area (Å²) in [4.78, 5) is 22.5. The Balaban J connectivity index is 1.50. The molecule has 1 atom stereocenters. The van der Waals surface area contributed by atoms with Crippen molar-refractivity contribution in [3.05, 3.63) is 77.9 Å². The van der Waals surface area contributed by atoms with E-state index in [1.165, 1.54) is 12.1 Å². The molecule has 0 saturated carbocycles. The number of H-pyrrole nitrogens is 1. The van der Waals surface area contributed by atoms with Crippen molar-refractivity contribution >= 4 is 22.7 Å². The maximum absolute atomic E-state index is 14.1. The first-order chi connectivity index (χ1) is 18.5. The van der Waals surface area contributed by atoms with Gasteiger partial charge in [-0.2, -0.15) is 0 Å². The van der Waals surface area contributed by atoms with Crippen molar-refractivity contribution in [2.24, 2.45) is 0 Å². The largest absolute Gasteiger partial charge is 0.496 e. The Kier molecular flexibility index (Phi) is 6.93. The number of fused-ring (bicyclic) bond motifs is 1. The van der Waals surface area contributed by atoms with Gasteiger partial charge in [0.2, 0.25) is 0 Å². The van der Waals surface area contributed by atoms with Crippen molar-refractivity contribution in [3.63, 3.8) is 0 Å². The molecular weight excluding hydrogens is 493 g/mol. The van der Waals surface area contributed by atoms with Crippen molar-refractivity contribution in [2.45, 2.75) is 52.7 Å². The maximum atomic E-state index is 14.1. The summed E-state index contributed by atoms with van der Waals surface area (Å²) in [5.74, 6) is 0.309. The summed E-state index contributed by atoms with van der Waals surface area (Å²) >= 11 is 0. The third kappa shape index (κ3) is 5.39. The molecule has 0 spiro atoms. The number of nitrogens with one attached hydrogen (secondary N) is 1. The van der Waals surface area contributed by atoms with Crippen LogP contribution >= 0.6 is 0 Å². The van der Waals surface area contributed by atoms with E-state index in [0.29, 0.717) is 24.3 Å². The van der Waals surface area contributed by atoms with Crippen LogP contribution in [0, 0.1) is 12.7 Å². The highest BCUT2D eigenvalue weighted by Crippen LogP contribution is 2.38. The predicted molar refractivity (Wildman–Crippen MR) is 153 cm³/mol. The van der Waals surface area contributed by atoms with E-state index in [2.05, 4.69) is 35.1 Å². The number of hydrogen-bond donors (Lipinski definition) is 1. The lowest BCUT2D eigenvalue weighted by Gasteiger charge is -2.34. The first-order valence-corrected chi connectivity index (χ1v) is 13.2. The van der Waals surface area contributed by atoms with E-state index in [1.54, 1.807) is 24.3 Å². The fourth-order valence-corrected chi connectivity index (χ4v) is 5.12. The zero-order chi connectivity index (χ0) is 27.9. The minimum absolute atomic E-state index is 0.00105. The Hall–Kier alpha value is -4.13. The number of aryl methyl sites for hydroxylation is 1. The fraction of sp³-hybridized carbons (Fsp3) is 0.312. The smallest absolute Gasteiger partial charge is 0.410 e. The van der Waals surface area contributed by atoms with Crippen LogP contribution in [0.5, 0.6) is 5.75 Å². The molecule has 3 heterocycles. The van der Waals surface area contributed by atoms with E-state index in [4.69, 9.17) is 9.47 Å². The highest BCUT2D eigenvalue weighted by atomic mass is 19.1. The van der Waals surface area contributed by atoms with E-state index in [1.807, 2.05) is 45.9 Å². The van der Waals surface area contributed by atoms with Crippen molar-refractivity contribution in [1.29, 1.82) is 0 Å². The van der Waals surface area contributed by atoms with Crippen LogP contribution in [0.2, 0.25) is 0 Å². The molecule has 7 heteroatoms. The average molecular weight is 528 g/mol. The number of halogens is 1. The zero-order valence-electron chi connectivity index (χ0n) is 23.3. The highest BCUT2D eigenvalue weighted by Gasteiger charge is 2.29. The molecule has 0 fully saturated rings. The Bertz CT molecular complexity index is 1580. The molecule has 202 valence electrons. The van der Waals surface area contributed by atoms with Crippen molar-refractivity contribution in [3.8, 4) is 28.0 Å². The molecule has 0 radical (unpaired) electrons. The van der Waals surface area contributed by atoms with E-state index < -0.39 is 5.60 Å². The SMILES string of the molecule is COc1ccc(F)cc1-c1ccc(C)c(-c2ccnc3[nH]c(C4=CCN(C(=O)OC(C)(C)C)[C@@H](C)C4)cc23)c1. The van der Waals surface area contributed by atoms with Gasteiger partial charge in [0.05, 0.1) is 7.11 Å². The summed E-state index contributed by atoms with van der Waals surface area (Å²) in [6.45, 7) is 10.2. The Labute approximate surface area is 228 Å². The number of benzene rings is 2. The van der Waals surface area contributed by atoms with Gasteiger partial charge in [-0.1, -0.05) is 18.2 Å². The molecule has 39 heavy (non-hydrogen) atoms. The van der Waals surface area contributed by atoms with Crippen LogP contribution in [0.25, 0.3) is 38.9 Å². The highest BCUT2D eigenvalue weighted by molar-refractivity contribution is 5.97. The normalized spacial score (nSPS) is 15.8. The van der Waals surface area contributed by atoms with Gasteiger partial charge in [-0.3, -0.25) is 0 Å². The molecule has 6 nitrogen and oxygen atoms in total. The summed E-state index contributed by atoms with van der Waals surface area (Å²) in [5, 5.41) is 1.00. The Morgan fingerprint density at radius 1 is 1.08 bits per heavy atom. The molecule has 1 N–H and O–H groups in total. The Morgan fingerprint density at radius 3 is 2.59 bits per heavy atom. The van der Waals surface area contributed by atoms with E-state index in [9.17, 15) is 9.18 Å². The molecule has 2 aromatic heterocycles. The van der Waals surface area contributed by atoms with Gasteiger partial charge in [0.1, 0.15) is 22.8 Å². The first kappa shape index (κ1) is 26.5. The fourth-order valence-electron chi connectivity index (χ4n) is 5.12. The quantitative estimate of drug-likeness (QED) is 0.294. The number of amides is 1. The second-order valence-corrected chi connectivity index (χ2v) is 11.1. The summed E-state index contributed by atoms with van der Waals surface area (Å²) in [5.41, 5.74) is 7.14. The monoisotopic (exact) mass is 527 g/mol. The second-order valence-electron chi connectivity index (χ2n) is 11.1. The number of hydrogen-bond acceptors (Lipinski definition) is 4. The molecule has 4 aromatic rings. The van der Waals surface area contributed by atoms with Crippen molar-refractivity contribution < 1.29 is 18.7 Å². The Morgan fingerprint density at radius 2 is 1.87 bits per heavy atom. The topological polar surface area (TPSA) is 67.5 Å². The number of pyridine rings is 1. The lowest BCUT2D eigenvalue weighted by molar-refractivity contribution is 0.0198. The van der Waals surface area contributed by atoms with E-state index >= 15 is 0 Å². The number of ether oxygens (including phenoxy) is 2. The summed E-state index contributed by atoms with van der Waals surface area (Å²) in [6, 6.07) is 14.8. The van der Waals surface area contributed by atoms with Gasteiger partial charge < -0.3 is 19.4 Å². The number of carbonyl (C=O) groups excluding carboxylic acids is 1. The third-order valence-electron chi connectivity index (χ3n) is 7.09. The number of aromatic amines is 1. The van der Waals surface area contributed by atoms with Crippen LogP contribution in [-0.4, -0.2) is 46.3 Å². The number of rotatable bonds is 4. The van der Waals surface area contributed by atoms with Gasteiger partial charge in [0.25, 0.3) is 0 Å². The van der Waals surface area contributed by atoms with Crippen LogP contribution < -0.4 is 4.74 Å². The molecule has 1 amide bonds. The molecule has 0 unspecified atom stereocenters. The summed E-state index contributed by atoms with van der Waals surface area (Å²) < 4.78 is 25.2. The predicted octanol–water partition coefficient (Wildman–Crippen LogP) is 7.77. The molecule has 2 aromatic carbocycles. The zero-order valence-corrected chi connectivity index (χ0v) is 23.3. The average Bonchev–Trinajstić information content (AvgIpc) is 3.32. The number of carbonyl (C=O) groups is 1. The molecule has 1 aliphatic rings. The van der Waals surface area contributed by atoms with Crippen molar-refractivity contribution in [2.75, 3.05) is 13.7 Å². The van der Waals surface area contributed by atoms with Crippen LogP contribution in [0.4, 0.5) is 9.18 Å². The van der Waals surface area contributed by atoms with Crippen LogP contribution in [0.15, 0.2) is 60.8 Å². The second kappa shape index (κ2) is 10.2. The summed E-state index contributed by atoms with van der Waals surface area (Å²) in [6.07, 6.45) is 4.29. The maximum Gasteiger partial charge on any atom is 0.410 e. The van der Waals surface area contributed by atoms with Gasteiger partial charge in [0.15, 0.2) is 0 Å². The molecule has 5 rings (SSSR count). The molecule has 0 bridgehead atoms. The molecule has 1 aliphatic heterocycles. The standard InChI is InChI=1S/C32H34FN3O3/c1-19-7-8-21(26-17-23(33)9-10-29(26)38-6)16-25(19)24-11-13-34-30-27(24)18-28(35-30)22-12-14-36(20(2)15-22)31(37)39-32(3,4)5/h7-13,16-18,20H,14-15H2,1-6H3,(H,34,35)/t20-/m0/s1. The van der Waals surface area contributed by atoms with Crippen LogP contribution in [-0.2, 0) is 4.74 Å². The van der Waals surface area contributed by atoms with Crippen LogP contribution in [0.1, 0.15) is 45.4 Å². The first-order valence-electron chi connectivity index (χ1n) is 13.2. The van der Waals surface area contributed by atoms with Gasteiger partial charge in [-0.15, -0.1) is 0 Å². The van der Waals surface area contributed by atoms with Gasteiger partial charge in [0, 0.05) is 35.4 Å². The molecule has 0 aliphatic carbocycles. The van der Waals surface area contributed by atoms with E-state index in [0.717, 1.165) is 44.6 Å².